The van der Waals surface area contributed by atoms with Crippen LogP contribution < -0.4 is 0 Å². The Labute approximate surface area is 333 Å². The Morgan fingerprint density at radius 3 is 2.05 bits per heavy atom. The molecule has 11 N–H and O–H groups in total. The zero-order valence-electron chi connectivity index (χ0n) is 33.6. The van der Waals surface area contributed by atoms with Crippen molar-refractivity contribution < 1.29 is 79.9 Å². The predicted octanol–water partition coefficient (Wildman–Crippen LogP) is -0.285. The van der Waals surface area contributed by atoms with Crippen LogP contribution in [0.3, 0.4) is 0 Å². The lowest BCUT2D eigenvalue weighted by Crippen LogP contribution is -2.61. The fourth-order valence-electron chi connectivity index (χ4n) is 11.4. The van der Waals surface area contributed by atoms with Gasteiger partial charge in [0.1, 0.15) is 48.8 Å². The van der Waals surface area contributed by atoms with Crippen LogP contribution in [-0.2, 0) is 23.7 Å². The van der Waals surface area contributed by atoms with Crippen molar-refractivity contribution in [3.8, 4) is 0 Å². The summed E-state index contributed by atoms with van der Waals surface area (Å²) in [5.74, 6) is -3.11. The molecule has 2 heterocycles. The molecule has 0 bridgehead atoms. The molecule has 57 heavy (non-hydrogen) atoms. The highest BCUT2D eigenvalue weighted by molar-refractivity contribution is 5.71. The summed E-state index contributed by atoms with van der Waals surface area (Å²) in [5.41, 5.74) is -0.0986. The van der Waals surface area contributed by atoms with E-state index in [2.05, 4.69) is 26.0 Å². The standard InChI is InChI=1S/C41H66O16/c1-18(2)41(53,19(3)54-37-34(49)32(47)30(45)27(16-42)56-37)13-9-23(36(51)52)29-26(44)15-25-22-7-6-20-14-21(8-11-39(20,4)24(22)10-12-40(25,29)5)55-38-35(50)33(48)31(46)28(17-43)57-38/h7,10,18-21,23,25-35,37-38,42-50,53H,6,8-9,11-17H2,1-5H3,(H,51,52). The number of aliphatic hydroxyl groups is 10. The highest BCUT2D eigenvalue weighted by atomic mass is 16.7. The minimum Gasteiger partial charge on any atom is -0.481 e. The monoisotopic (exact) mass is 814 g/mol. The smallest absolute Gasteiger partial charge is 0.306 e. The van der Waals surface area contributed by atoms with Crippen LogP contribution in [0.15, 0.2) is 23.3 Å². The number of aliphatic hydroxyl groups excluding tert-OH is 9. The number of hydrogen-bond donors (Lipinski definition) is 11. The van der Waals surface area contributed by atoms with Gasteiger partial charge >= 0.3 is 5.97 Å². The van der Waals surface area contributed by atoms with Crippen LogP contribution in [0.4, 0.5) is 0 Å². The number of fused-ring (bicyclic) bond motifs is 5. The lowest BCUT2D eigenvalue weighted by atomic mass is 9.51. The second kappa shape index (κ2) is 17.0. The van der Waals surface area contributed by atoms with Gasteiger partial charge in [-0.2, -0.15) is 0 Å². The molecule has 0 aromatic carbocycles. The molecule has 20 unspecified atom stereocenters. The second-order valence-electron chi connectivity index (χ2n) is 18.6. The molecule has 2 saturated carbocycles. The summed E-state index contributed by atoms with van der Waals surface area (Å²) in [4.78, 5) is 13.1. The van der Waals surface area contributed by atoms with Gasteiger partial charge in [0, 0.05) is 5.92 Å². The fourth-order valence-corrected chi connectivity index (χ4v) is 11.4. The van der Waals surface area contributed by atoms with Crippen LogP contribution in [0, 0.1) is 40.4 Å². The Kier molecular flexibility index (Phi) is 13.4. The van der Waals surface area contributed by atoms with Crippen LogP contribution in [-0.4, -0.2) is 161 Å². The molecule has 4 aliphatic carbocycles. The van der Waals surface area contributed by atoms with Crippen molar-refractivity contribution in [2.75, 3.05) is 13.2 Å². The van der Waals surface area contributed by atoms with Gasteiger partial charge in [-0.25, -0.2) is 0 Å². The normalized spacial score (nSPS) is 46.8. The highest BCUT2D eigenvalue weighted by Crippen LogP contribution is 2.65. The number of carbonyl (C=O) groups is 1. The molecule has 2 aliphatic heterocycles. The van der Waals surface area contributed by atoms with E-state index in [1.807, 2.05) is 0 Å². The van der Waals surface area contributed by atoms with E-state index in [4.69, 9.17) is 18.9 Å². The van der Waals surface area contributed by atoms with E-state index in [0.717, 1.165) is 18.4 Å². The van der Waals surface area contributed by atoms with Crippen LogP contribution in [0.2, 0.25) is 0 Å². The van der Waals surface area contributed by atoms with E-state index in [-0.39, 0.29) is 36.2 Å². The van der Waals surface area contributed by atoms with Gasteiger partial charge in [0.15, 0.2) is 12.6 Å². The molecule has 6 rings (SSSR count). The molecule has 20 atom stereocenters. The average Bonchev–Trinajstić information content (AvgIpc) is 3.44. The number of allylic oxidation sites excluding steroid dienone is 4. The lowest BCUT2D eigenvalue weighted by Gasteiger charge is -2.54. The summed E-state index contributed by atoms with van der Waals surface area (Å²) >= 11 is 0. The van der Waals surface area contributed by atoms with Crippen LogP contribution in [0.25, 0.3) is 0 Å². The Bertz CT molecular complexity index is 1490. The first-order chi connectivity index (χ1) is 26.7. The molecule has 326 valence electrons. The molecular weight excluding hydrogens is 748 g/mol. The lowest BCUT2D eigenvalue weighted by molar-refractivity contribution is -0.324. The topological polar surface area (TPSA) is 277 Å². The SMILES string of the molecule is CC(C)C(O)(CCC(C(=O)O)C1C(O)CC2C3=CCC4CC(OC5OC(CO)C(O)C(O)C5O)CCC4(C)C3=CCC21C)C(C)OC1OC(CO)C(O)C(O)C1O. The predicted molar refractivity (Wildman–Crippen MR) is 200 cm³/mol. The highest BCUT2D eigenvalue weighted by Gasteiger charge is 2.61. The minimum absolute atomic E-state index is 0.0155. The maximum Gasteiger partial charge on any atom is 0.306 e. The zero-order valence-corrected chi connectivity index (χ0v) is 33.6. The van der Waals surface area contributed by atoms with Crippen molar-refractivity contribution in [1.29, 1.82) is 0 Å². The number of rotatable bonds is 13. The van der Waals surface area contributed by atoms with E-state index in [1.54, 1.807) is 20.8 Å². The largest absolute Gasteiger partial charge is 0.481 e. The maximum atomic E-state index is 13.1. The van der Waals surface area contributed by atoms with Crippen molar-refractivity contribution in [3.05, 3.63) is 23.3 Å². The van der Waals surface area contributed by atoms with Crippen molar-refractivity contribution in [1.82, 2.24) is 0 Å². The summed E-state index contributed by atoms with van der Waals surface area (Å²) < 4.78 is 23.2. The molecule has 16 nitrogen and oxygen atoms in total. The number of hydrogen-bond acceptors (Lipinski definition) is 15. The van der Waals surface area contributed by atoms with Gasteiger partial charge in [-0.05, 0) is 98.0 Å². The summed E-state index contributed by atoms with van der Waals surface area (Å²) in [7, 11) is 0. The Morgan fingerprint density at radius 2 is 1.47 bits per heavy atom. The summed E-state index contributed by atoms with van der Waals surface area (Å²) in [6, 6.07) is 0. The fraction of sp³-hybridized carbons (Fsp3) is 0.878. The van der Waals surface area contributed by atoms with Crippen molar-refractivity contribution in [2.24, 2.45) is 40.4 Å². The average molecular weight is 815 g/mol. The van der Waals surface area contributed by atoms with Gasteiger partial charge in [0.25, 0.3) is 0 Å². The quantitative estimate of drug-likeness (QED) is 0.114. The third-order valence-corrected chi connectivity index (χ3v) is 15.2. The van der Waals surface area contributed by atoms with Gasteiger partial charge in [-0.15, -0.1) is 0 Å². The van der Waals surface area contributed by atoms with Crippen molar-refractivity contribution in [3.63, 3.8) is 0 Å². The molecule has 0 aromatic heterocycles. The van der Waals surface area contributed by atoms with Gasteiger partial charge < -0.3 is 75.1 Å². The van der Waals surface area contributed by atoms with Crippen LogP contribution >= 0.6 is 0 Å². The molecule has 0 spiro atoms. The number of ether oxygens (including phenoxy) is 4. The molecule has 2 saturated heterocycles. The first-order valence-corrected chi connectivity index (χ1v) is 20.7. The maximum absolute atomic E-state index is 13.1. The van der Waals surface area contributed by atoms with E-state index in [9.17, 15) is 61.0 Å². The van der Waals surface area contributed by atoms with E-state index >= 15 is 0 Å². The van der Waals surface area contributed by atoms with E-state index < -0.39 is 122 Å². The molecule has 4 fully saturated rings. The van der Waals surface area contributed by atoms with E-state index in [0.29, 0.717) is 25.7 Å². The van der Waals surface area contributed by atoms with Crippen molar-refractivity contribution >= 4 is 5.97 Å². The Hall–Kier alpha value is -1.61. The van der Waals surface area contributed by atoms with Crippen molar-refractivity contribution in [2.45, 2.75) is 171 Å². The first kappa shape index (κ1) is 44.9. The third-order valence-electron chi connectivity index (χ3n) is 15.2. The van der Waals surface area contributed by atoms with Gasteiger partial charge in [-0.3, -0.25) is 4.79 Å². The number of aliphatic carboxylic acids is 1. The second-order valence-corrected chi connectivity index (χ2v) is 18.6. The molecule has 16 heteroatoms. The molecule has 6 aliphatic rings. The minimum atomic E-state index is -1.67. The van der Waals surface area contributed by atoms with Crippen LogP contribution in [0.5, 0.6) is 0 Å². The summed E-state index contributed by atoms with van der Waals surface area (Å²) in [6.45, 7) is 8.20. The number of carboxylic acid groups (broad SMARTS) is 1. The van der Waals surface area contributed by atoms with Gasteiger partial charge in [0.05, 0.1) is 43.0 Å². The van der Waals surface area contributed by atoms with Gasteiger partial charge in [0.2, 0.25) is 0 Å². The summed E-state index contributed by atoms with van der Waals surface area (Å²) in [5, 5.41) is 116. The Morgan fingerprint density at radius 1 is 0.877 bits per heavy atom. The van der Waals surface area contributed by atoms with Crippen LogP contribution in [0.1, 0.15) is 86.0 Å². The van der Waals surface area contributed by atoms with E-state index in [1.165, 1.54) is 5.57 Å². The third kappa shape index (κ3) is 7.91. The summed E-state index contributed by atoms with van der Waals surface area (Å²) in [6.07, 6.45) is -8.43. The number of carboxylic acids is 1. The first-order valence-electron chi connectivity index (χ1n) is 20.7. The molecular formula is C41H66O16. The zero-order chi connectivity index (χ0) is 41.9. The van der Waals surface area contributed by atoms with Gasteiger partial charge in [-0.1, -0.05) is 39.8 Å². The molecule has 0 aromatic rings. The molecule has 0 radical (unpaired) electrons. The molecule has 0 amide bonds. The Balaban J connectivity index is 1.15.